The summed E-state index contributed by atoms with van der Waals surface area (Å²) >= 11 is 1.80. The summed E-state index contributed by atoms with van der Waals surface area (Å²) in [7, 11) is 0. The van der Waals surface area contributed by atoms with Gasteiger partial charge in [0.2, 0.25) is 5.91 Å². The number of nitrogens with zero attached hydrogens (tertiary/aromatic N) is 1. The SMILES string of the molecule is CCC1NC(c2cccc(F)c2)N(CCC(C)SC)C1=O. The fourth-order valence-electron chi connectivity index (χ4n) is 2.60. The first-order valence-electron chi connectivity index (χ1n) is 7.41. The summed E-state index contributed by atoms with van der Waals surface area (Å²) in [5, 5.41) is 3.83. The number of benzene rings is 1. The minimum absolute atomic E-state index is 0.125. The minimum Gasteiger partial charge on any atom is -0.322 e. The lowest BCUT2D eigenvalue weighted by Crippen LogP contribution is -2.33. The Morgan fingerprint density at radius 1 is 1.48 bits per heavy atom. The van der Waals surface area contributed by atoms with Crippen molar-refractivity contribution in [3.8, 4) is 0 Å². The zero-order chi connectivity index (χ0) is 15.4. The van der Waals surface area contributed by atoms with E-state index in [4.69, 9.17) is 0 Å². The molecular formula is C16H23FN2OS. The second kappa shape index (κ2) is 7.27. The molecule has 3 nitrogen and oxygen atoms in total. The van der Waals surface area contributed by atoms with Crippen LogP contribution in [0.3, 0.4) is 0 Å². The molecule has 1 aromatic carbocycles. The number of amides is 1. The molecule has 1 aliphatic heterocycles. The van der Waals surface area contributed by atoms with Crippen molar-refractivity contribution in [3.05, 3.63) is 35.6 Å². The highest BCUT2D eigenvalue weighted by molar-refractivity contribution is 7.99. The van der Waals surface area contributed by atoms with Gasteiger partial charge in [-0.05, 0) is 36.8 Å². The maximum Gasteiger partial charge on any atom is 0.241 e. The van der Waals surface area contributed by atoms with Gasteiger partial charge in [0.1, 0.15) is 12.0 Å². The van der Waals surface area contributed by atoms with Gasteiger partial charge in [0.25, 0.3) is 0 Å². The molecule has 3 atom stereocenters. The Bertz CT molecular complexity index is 497. The molecule has 1 heterocycles. The van der Waals surface area contributed by atoms with Gasteiger partial charge < -0.3 is 4.90 Å². The van der Waals surface area contributed by atoms with Gasteiger partial charge in [-0.1, -0.05) is 26.0 Å². The van der Waals surface area contributed by atoms with E-state index in [0.717, 1.165) is 18.4 Å². The standard InChI is InChI=1S/C16H23FN2OS/c1-4-14-16(20)19(9-8-11(2)21-3)15(18-14)12-6-5-7-13(17)10-12/h5-7,10-11,14-15,18H,4,8-9H2,1-3H3. The Balaban J connectivity index is 2.18. The van der Waals surface area contributed by atoms with Crippen LogP contribution in [-0.4, -0.2) is 34.9 Å². The monoisotopic (exact) mass is 310 g/mol. The van der Waals surface area contributed by atoms with E-state index in [0.29, 0.717) is 11.8 Å². The van der Waals surface area contributed by atoms with Gasteiger partial charge in [0, 0.05) is 11.8 Å². The number of hydrogen-bond donors (Lipinski definition) is 1. The molecule has 21 heavy (non-hydrogen) atoms. The molecule has 1 fully saturated rings. The highest BCUT2D eigenvalue weighted by Gasteiger charge is 2.38. The van der Waals surface area contributed by atoms with Crippen molar-refractivity contribution in [3.63, 3.8) is 0 Å². The molecule has 1 amide bonds. The Morgan fingerprint density at radius 3 is 2.86 bits per heavy atom. The molecule has 2 rings (SSSR count). The van der Waals surface area contributed by atoms with Gasteiger partial charge in [-0.2, -0.15) is 11.8 Å². The van der Waals surface area contributed by atoms with Crippen LogP contribution in [-0.2, 0) is 4.79 Å². The third kappa shape index (κ3) is 3.77. The molecule has 0 radical (unpaired) electrons. The van der Waals surface area contributed by atoms with Gasteiger partial charge in [-0.25, -0.2) is 4.39 Å². The largest absolute Gasteiger partial charge is 0.322 e. The summed E-state index contributed by atoms with van der Waals surface area (Å²) in [5.74, 6) is -0.140. The normalized spacial score (nSPS) is 23.6. The maximum absolute atomic E-state index is 13.5. The van der Waals surface area contributed by atoms with Crippen molar-refractivity contribution < 1.29 is 9.18 Å². The smallest absolute Gasteiger partial charge is 0.241 e. The molecule has 1 N–H and O–H groups in total. The lowest BCUT2D eigenvalue weighted by Gasteiger charge is -2.25. The molecule has 0 aliphatic carbocycles. The Labute approximate surface area is 130 Å². The van der Waals surface area contributed by atoms with E-state index in [1.54, 1.807) is 17.8 Å². The first-order valence-corrected chi connectivity index (χ1v) is 8.70. The average Bonchev–Trinajstić information content (AvgIpc) is 2.81. The van der Waals surface area contributed by atoms with Crippen molar-refractivity contribution in [2.45, 2.75) is 44.1 Å². The van der Waals surface area contributed by atoms with Crippen molar-refractivity contribution in [2.24, 2.45) is 0 Å². The van der Waals surface area contributed by atoms with Gasteiger partial charge in [0.05, 0.1) is 6.04 Å². The number of thioether (sulfide) groups is 1. The second-order valence-corrected chi connectivity index (χ2v) is 6.73. The average molecular weight is 310 g/mol. The second-order valence-electron chi connectivity index (χ2n) is 5.45. The zero-order valence-corrected chi connectivity index (χ0v) is 13.6. The summed E-state index contributed by atoms with van der Waals surface area (Å²) in [5.41, 5.74) is 0.816. The lowest BCUT2D eigenvalue weighted by atomic mass is 10.1. The number of carbonyl (C=O) groups excluding carboxylic acids is 1. The maximum atomic E-state index is 13.5. The van der Waals surface area contributed by atoms with E-state index in [1.807, 2.05) is 17.9 Å². The quantitative estimate of drug-likeness (QED) is 0.876. The van der Waals surface area contributed by atoms with Crippen LogP contribution < -0.4 is 5.32 Å². The predicted octanol–water partition coefficient (Wildman–Crippen LogP) is 3.18. The topological polar surface area (TPSA) is 32.3 Å². The van der Waals surface area contributed by atoms with Crippen LogP contribution in [0.4, 0.5) is 4.39 Å². The summed E-state index contributed by atoms with van der Waals surface area (Å²) in [4.78, 5) is 14.3. The highest BCUT2D eigenvalue weighted by Crippen LogP contribution is 2.28. The van der Waals surface area contributed by atoms with Crippen LogP contribution in [0.1, 0.15) is 38.4 Å². The Kier molecular flexibility index (Phi) is 5.65. The molecule has 0 spiro atoms. The summed E-state index contributed by atoms with van der Waals surface area (Å²) in [6, 6.07) is 6.34. The van der Waals surface area contributed by atoms with E-state index in [2.05, 4.69) is 18.5 Å². The molecule has 1 aromatic rings. The molecule has 3 unspecified atom stereocenters. The number of hydrogen-bond acceptors (Lipinski definition) is 3. The minimum atomic E-state index is -0.265. The fraction of sp³-hybridized carbons (Fsp3) is 0.562. The van der Waals surface area contributed by atoms with E-state index >= 15 is 0 Å². The van der Waals surface area contributed by atoms with Crippen LogP contribution in [0.5, 0.6) is 0 Å². The van der Waals surface area contributed by atoms with Crippen molar-refractivity contribution in [1.82, 2.24) is 10.2 Å². The van der Waals surface area contributed by atoms with E-state index < -0.39 is 0 Å². The molecule has 1 saturated heterocycles. The van der Waals surface area contributed by atoms with Gasteiger partial charge in [-0.15, -0.1) is 0 Å². The van der Waals surface area contributed by atoms with Gasteiger partial charge in [0.15, 0.2) is 0 Å². The number of nitrogens with one attached hydrogen (secondary N) is 1. The Morgan fingerprint density at radius 2 is 2.24 bits per heavy atom. The van der Waals surface area contributed by atoms with Gasteiger partial charge >= 0.3 is 0 Å². The van der Waals surface area contributed by atoms with Crippen molar-refractivity contribution in [1.29, 1.82) is 0 Å². The van der Waals surface area contributed by atoms with E-state index in [9.17, 15) is 9.18 Å². The molecule has 1 aliphatic rings. The molecule has 0 saturated carbocycles. The first kappa shape index (κ1) is 16.3. The fourth-order valence-corrected chi connectivity index (χ4v) is 2.94. The highest BCUT2D eigenvalue weighted by atomic mass is 32.2. The lowest BCUT2D eigenvalue weighted by molar-refractivity contribution is -0.130. The summed E-state index contributed by atoms with van der Waals surface area (Å²) in [6.45, 7) is 4.85. The van der Waals surface area contributed by atoms with Crippen molar-refractivity contribution >= 4 is 17.7 Å². The number of carbonyl (C=O) groups is 1. The molecule has 116 valence electrons. The first-order chi connectivity index (χ1) is 10.1. The molecule has 5 heteroatoms. The summed E-state index contributed by atoms with van der Waals surface area (Å²) < 4.78 is 13.5. The molecular weight excluding hydrogens is 287 g/mol. The van der Waals surface area contributed by atoms with Crippen molar-refractivity contribution in [2.75, 3.05) is 12.8 Å². The number of rotatable bonds is 6. The van der Waals surface area contributed by atoms with Crippen LogP contribution in [0.15, 0.2) is 24.3 Å². The van der Waals surface area contributed by atoms with Gasteiger partial charge in [-0.3, -0.25) is 10.1 Å². The zero-order valence-electron chi connectivity index (χ0n) is 12.8. The summed E-state index contributed by atoms with van der Waals surface area (Å²) in [6.07, 6.45) is 3.55. The van der Waals surface area contributed by atoms with Crippen LogP contribution >= 0.6 is 11.8 Å². The van der Waals surface area contributed by atoms with Crippen LogP contribution in [0.25, 0.3) is 0 Å². The van der Waals surface area contributed by atoms with E-state index in [1.165, 1.54) is 12.1 Å². The third-order valence-corrected chi connectivity index (χ3v) is 5.04. The predicted molar refractivity (Wildman–Crippen MR) is 85.7 cm³/mol. The van der Waals surface area contributed by atoms with Crippen LogP contribution in [0, 0.1) is 5.82 Å². The third-order valence-electron chi connectivity index (χ3n) is 4.00. The Hall–Kier alpha value is -1.07. The van der Waals surface area contributed by atoms with Crippen LogP contribution in [0.2, 0.25) is 0 Å². The molecule has 0 bridgehead atoms. The number of halogens is 1. The van der Waals surface area contributed by atoms with E-state index in [-0.39, 0.29) is 23.9 Å². The molecule has 0 aromatic heterocycles.